The van der Waals surface area contributed by atoms with Crippen molar-refractivity contribution >= 4 is 23.1 Å². The standard InChI is InChI=1S/C11H11N3S2/c12-10-8-4-2-1-3-7(8)5-9(10)16-11-14-13-6-15-11/h1-4,6,9-10H,5,12H2. The van der Waals surface area contributed by atoms with Gasteiger partial charge in [-0.3, -0.25) is 0 Å². The van der Waals surface area contributed by atoms with Crippen molar-refractivity contribution in [1.29, 1.82) is 0 Å². The van der Waals surface area contributed by atoms with E-state index >= 15 is 0 Å². The normalized spacial score (nSPS) is 23.3. The lowest BCUT2D eigenvalue weighted by Crippen LogP contribution is -2.18. The first-order valence-corrected chi connectivity index (χ1v) is 6.87. The summed E-state index contributed by atoms with van der Waals surface area (Å²) in [5.41, 5.74) is 10.7. The Morgan fingerprint density at radius 3 is 3.00 bits per heavy atom. The molecule has 0 spiro atoms. The van der Waals surface area contributed by atoms with Crippen LogP contribution in [0, 0.1) is 0 Å². The molecule has 5 heteroatoms. The minimum atomic E-state index is 0.116. The zero-order valence-corrected chi connectivity index (χ0v) is 10.2. The van der Waals surface area contributed by atoms with E-state index in [2.05, 4.69) is 34.5 Å². The van der Waals surface area contributed by atoms with E-state index in [4.69, 9.17) is 5.73 Å². The number of nitrogens with zero attached hydrogens (tertiary/aromatic N) is 2. The van der Waals surface area contributed by atoms with E-state index in [9.17, 15) is 0 Å². The molecule has 0 saturated carbocycles. The summed E-state index contributed by atoms with van der Waals surface area (Å²) in [4.78, 5) is 0. The number of hydrogen-bond donors (Lipinski definition) is 1. The highest BCUT2D eigenvalue weighted by Crippen LogP contribution is 2.40. The summed E-state index contributed by atoms with van der Waals surface area (Å²) in [5, 5.41) is 8.29. The van der Waals surface area contributed by atoms with E-state index < -0.39 is 0 Å². The lowest BCUT2D eigenvalue weighted by molar-refractivity contribution is 0.730. The Morgan fingerprint density at radius 1 is 1.38 bits per heavy atom. The average molecular weight is 249 g/mol. The molecule has 1 aromatic carbocycles. The van der Waals surface area contributed by atoms with Crippen molar-refractivity contribution < 1.29 is 0 Å². The monoisotopic (exact) mass is 249 g/mol. The summed E-state index contributed by atoms with van der Waals surface area (Å²) in [6.07, 6.45) is 1.03. The molecule has 0 fully saturated rings. The van der Waals surface area contributed by atoms with Crippen LogP contribution in [0.25, 0.3) is 0 Å². The van der Waals surface area contributed by atoms with Crippen LogP contribution >= 0.6 is 23.1 Å². The minimum absolute atomic E-state index is 0.116. The molecule has 0 radical (unpaired) electrons. The largest absolute Gasteiger partial charge is 0.323 e. The molecule has 16 heavy (non-hydrogen) atoms. The zero-order valence-electron chi connectivity index (χ0n) is 8.54. The van der Waals surface area contributed by atoms with Gasteiger partial charge in [0.15, 0.2) is 4.34 Å². The molecule has 2 atom stereocenters. The zero-order chi connectivity index (χ0) is 11.0. The van der Waals surface area contributed by atoms with E-state index in [-0.39, 0.29) is 6.04 Å². The Hall–Kier alpha value is -0.910. The fourth-order valence-electron chi connectivity index (χ4n) is 2.05. The van der Waals surface area contributed by atoms with Crippen LogP contribution in [0.3, 0.4) is 0 Å². The maximum Gasteiger partial charge on any atom is 0.174 e. The van der Waals surface area contributed by atoms with Crippen LogP contribution in [0.5, 0.6) is 0 Å². The van der Waals surface area contributed by atoms with Gasteiger partial charge in [-0.25, -0.2) is 0 Å². The third kappa shape index (κ3) is 1.75. The second-order valence-electron chi connectivity index (χ2n) is 3.79. The first-order chi connectivity index (χ1) is 7.84. The van der Waals surface area contributed by atoms with Crippen LogP contribution < -0.4 is 5.73 Å². The van der Waals surface area contributed by atoms with Gasteiger partial charge in [0, 0.05) is 11.3 Å². The van der Waals surface area contributed by atoms with Gasteiger partial charge >= 0.3 is 0 Å². The highest BCUT2D eigenvalue weighted by atomic mass is 32.2. The third-order valence-electron chi connectivity index (χ3n) is 2.83. The summed E-state index contributed by atoms with van der Waals surface area (Å²) in [6.45, 7) is 0. The van der Waals surface area contributed by atoms with Gasteiger partial charge in [-0.1, -0.05) is 47.4 Å². The smallest absolute Gasteiger partial charge is 0.174 e. The van der Waals surface area contributed by atoms with Crippen molar-refractivity contribution in [2.24, 2.45) is 5.73 Å². The average Bonchev–Trinajstić information content (AvgIpc) is 2.90. The van der Waals surface area contributed by atoms with Gasteiger partial charge in [0.25, 0.3) is 0 Å². The molecule has 1 aliphatic carbocycles. The number of nitrogens with two attached hydrogens (primary N) is 1. The number of rotatable bonds is 2. The Balaban J connectivity index is 1.82. The second kappa shape index (κ2) is 4.16. The minimum Gasteiger partial charge on any atom is -0.323 e. The number of fused-ring (bicyclic) bond motifs is 1. The fourth-order valence-corrected chi connectivity index (χ4v) is 3.96. The SMILES string of the molecule is NC1c2ccccc2CC1Sc1nncs1. The Labute approximate surface area is 102 Å². The Bertz CT molecular complexity index is 482. The molecule has 0 aliphatic heterocycles. The van der Waals surface area contributed by atoms with Gasteiger partial charge in [-0.15, -0.1) is 10.2 Å². The van der Waals surface area contributed by atoms with E-state index in [1.54, 1.807) is 28.6 Å². The molecule has 0 amide bonds. The predicted molar refractivity (Wildman–Crippen MR) is 66.6 cm³/mol. The van der Waals surface area contributed by atoms with Crippen LogP contribution in [0.1, 0.15) is 17.2 Å². The van der Waals surface area contributed by atoms with Crippen molar-refractivity contribution in [3.05, 3.63) is 40.9 Å². The third-order valence-corrected chi connectivity index (χ3v) is 4.93. The molecule has 82 valence electrons. The van der Waals surface area contributed by atoms with Crippen LogP contribution in [0.4, 0.5) is 0 Å². The lowest BCUT2D eigenvalue weighted by atomic mass is 10.1. The molecule has 1 aliphatic rings. The topological polar surface area (TPSA) is 51.8 Å². The molecular weight excluding hydrogens is 238 g/mol. The first kappa shape index (κ1) is 10.3. The van der Waals surface area contributed by atoms with Crippen LogP contribution in [0.2, 0.25) is 0 Å². The molecule has 0 saturated heterocycles. The Morgan fingerprint density at radius 2 is 2.25 bits per heavy atom. The molecule has 3 nitrogen and oxygen atoms in total. The molecule has 2 N–H and O–H groups in total. The number of benzene rings is 1. The lowest BCUT2D eigenvalue weighted by Gasteiger charge is -2.13. The summed E-state index contributed by atoms with van der Waals surface area (Å²) < 4.78 is 1.01. The summed E-state index contributed by atoms with van der Waals surface area (Å²) in [7, 11) is 0. The maximum atomic E-state index is 6.24. The van der Waals surface area contributed by atoms with E-state index in [0.717, 1.165) is 10.8 Å². The molecule has 2 unspecified atom stereocenters. The predicted octanol–water partition coefficient (Wildman–Crippen LogP) is 2.25. The van der Waals surface area contributed by atoms with Gasteiger partial charge in [-0.05, 0) is 17.5 Å². The first-order valence-electron chi connectivity index (χ1n) is 5.11. The molecule has 2 aromatic rings. The van der Waals surface area contributed by atoms with Gasteiger partial charge in [0.05, 0.1) is 0 Å². The van der Waals surface area contributed by atoms with Crippen LogP contribution in [-0.4, -0.2) is 15.4 Å². The second-order valence-corrected chi connectivity index (χ2v) is 6.11. The van der Waals surface area contributed by atoms with Crippen LogP contribution in [-0.2, 0) is 6.42 Å². The quantitative estimate of drug-likeness (QED) is 0.887. The van der Waals surface area contributed by atoms with Gasteiger partial charge < -0.3 is 5.73 Å². The molecule has 1 aromatic heterocycles. The molecule has 1 heterocycles. The van der Waals surface area contributed by atoms with Crippen LogP contribution in [0.15, 0.2) is 34.1 Å². The molecule has 3 rings (SSSR count). The van der Waals surface area contributed by atoms with E-state index in [1.165, 1.54) is 11.1 Å². The molecule has 0 bridgehead atoms. The number of hydrogen-bond acceptors (Lipinski definition) is 5. The summed E-state index contributed by atoms with van der Waals surface area (Å²) >= 11 is 3.32. The van der Waals surface area contributed by atoms with E-state index in [0.29, 0.717) is 5.25 Å². The van der Waals surface area contributed by atoms with Crippen molar-refractivity contribution in [3.8, 4) is 0 Å². The van der Waals surface area contributed by atoms with Crippen molar-refractivity contribution in [2.75, 3.05) is 0 Å². The summed E-state index contributed by atoms with van der Waals surface area (Å²) in [6, 6.07) is 8.53. The highest BCUT2D eigenvalue weighted by molar-refractivity contribution is 8.01. The summed E-state index contributed by atoms with van der Waals surface area (Å²) in [5.74, 6) is 0. The van der Waals surface area contributed by atoms with Crippen molar-refractivity contribution in [2.45, 2.75) is 22.1 Å². The van der Waals surface area contributed by atoms with Crippen molar-refractivity contribution in [1.82, 2.24) is 10.2 Å². The van der Waals surface area contributed by atoms with Gasteiger partial charge in [0.1, 0.15) is 5.51 Å². The van der Waals surface area contributed by atoms with Gasteiger partial charge in [-0.2, -0.15) is 0 Å². The van der Waals surface area contributed by atoms with E-state index in [1.807, 2.05) is 0 Å². The highest BCUT2D eigenvalue weighted by Gasteiger charge is 2.30. The fraction of sp³-hybridized carbons (Fsp3) is 0.273. The molecular formula is C11H11N3S2. The van der Waals surface area contributed by atoms with Gasteiger partial charge in [0.2, 0.25) is 0 Å². The van der Waals surface area contributed by atoms with Crippen molar-refractivity contribution in [3.63, 3.8) is 0 Å². The maximum absolute atomic E-state index is 6.24. The number of thioether (sulfide) groups is 1. The number of aromatic nitrogens is 2. The Kier molecular flexibility index (Phi) is 2.67.